The maximum Gasteiger partial charge on any atom is 0.251 e. The first-order valence-electron chi connectivity index (χ1n) is 6.89. The molecule has 0 amide bonds. The summed E-state index contributed by atoms with van der Waals surface area (Å²) in [6, 6.07) is 12.8. The molecule has 5 nitrogen and oxygen atoms in total. The second kappa shape index (κ2) is 8.63. The molecule has 1 heterocycles. The number of hydrogen-bond donors (Lipinski definition) is 1. The van der Waals surface area contributed by atoms with Crippen LogP contribution in [0.15, 0.2) is 53.7 Å². The number of rotatable bonds is 8. The lowest BCUT2D eigenvalue weighted by Crippen LogP contribution is -2.28. The van der Waals surface area contributed by atoms with E-state index in [1.54, 1.807) is 25.3 Å². The third-order valence-electron chi connectivity index (χ3n) is 2.97. The Balaban J connectivity index is 1.74. The number of nitrogens with zero attached hydrogens (tertiary/aromatic N) is 1. The van der Waals surface area contributed by atoms with Gasteiger partial charge in [0, 0.05) is 23.4 Å². The van der Waals surface area contributed by atoms with Crippen LogP contribution >= 0.6 is 11.8 Å². The lowest BCUT2D eigenvalue weighted by atomic mass is 10.2. The summed E-state index contributed by atoms with van der Waals surface area (Å²) >= 11 is 1.30. The number of para-hydroxylation sites is 1. The number of hydrogen-bond acceptors (Lipinski definition) is 5. The Morgan fingerprint density at radius 2 is 2.00 bits per heavy atom. The van der Waals surface area contributed by atoms with Crippen LogP contribution < -0.4 is 9.47 Å². The molecule has 22 heavy (non-hydrogen) atoms. The molecule has 1 aromatic heterocycles. The van der Waals surface area contributed by atoms with Crippen LogP contribution in [0.1, 0.15) is 5.56 Å². The smallest absolute Gasteiger partial charge is 0.251 e. The van der Waals surface area contributed by atoms with E-state index in [0.717, 1.165) is 16.0 Å². The standard InChI is InChI=1S/C16H19NO4S/c1-20-15-7-3-2-6-13(15)10-21-11-14(18)12-22-16-8-4-5-9-17(16)19/h2-9,14,18H,10-12H2,1H3. The maximum absolute atomic E-state index is 11.5. The Hall–Kier alpha value is -1.76. The maximum atomic E-state index is 11.5. The van der Waals surface area contributed by atoms with Crippen molar-refractivity contribution in [3.63, 3.8) is 0 Å². The lowest BCUT2D eigenvalue weighted by Gasteiger charge is -2.12. The third-order valence-corrected chi connectivity index (χ3v) is 4.14. The van der Waals surface area contributed by atoms with Gasteiger partial charge in [-0.3, -0.25) is 0 Å². The molecule has 0 bridgehead atoms. The molecule has 2 aromatic rings. The highest BCUT2D eigenvalue weighted by atomic mass is 32.2. The van der Waals surface area contributed by atoms with E-state index in [9.17, 15) is 10.3 Å². The van der Waals surface area contributed by atoms with Gasteiger partial charge >= 0.3 is 0 Å². The summed E-state index contributed by atoms with van der Waals surface area (Å²) in [6.07, 6.45) is 0.798. The molecule has 0 saturated carbocycles. The van der Waals surface area contributed by atoms with E-state index in [0.29, 0.717) is 17.4 Å². The molecule has 6 heteroatoms. The van der Waals surface area contributed by atoms with E-state index >= 15 is 0 Å². The fourth-order valence-corrected chi connectivity index (χ4v) is 2.70. The largest absolute Gasteiger partial charge is 0.618 e. The lowest BCUT2D eigenvalue weighted by molar-refractivity contribution is -0.645. The predicted molar refractivity (Wildman–Crippen MR) is 84.8 cm³/mol. The first kappa shape index (κ1) is 16.6. The first-order chi connectivity index (χ1) is 10.7. The van der Waals surface area contributed by atoms with Crippen molar-refractivity contribution in [1.82, 2.24) is 0 Å². The fourth-order valence-electron chi connectivity index (χ4n) is 1.88. The molecule has 1 atom stereocenters. The van der Waals surface area contributed by atoms with Gasteiger partial charge in [0.05, 0.1) is 26.4 Å². The molecule has 0 spiro atoms. The minimum Gasteiger partial charge on any atom is -0.618 e. The Morgan fingerprint density at radius 1 is 1.23 bits per heavy atom. The average molecular weight is 321 g/mol. The Morgan fingerprint density at radius 3 is 2.77 bits per heavy atom. The van der Waals surface area contributed by atoms with Crippen molar-refractivity contribution < 1.29 is 19.3 Å². The number of methoxy groups -OCH3 is 1. The van der Waals surface area contributed by atoms with Gasteiger partial charge in [-0.05, 0) is 12.1 Å². The van der Waals surface area contributed by atoms with Gasteiger partial charge in [0.1, 0.15) is 5.75 Å². The number of pyridine rings is 1. The molecular formula is C16H19NO4S. The molecule has 0 aliphatic heterocycles. The van der Waals surface area contributed by atoms with E-state index in [2.05, 4.69) is 0 Å². The van der Waals surface area contributed by atoms with Gasteiger partial charge in [-0.2, -0.15) is 4.73 Å². The van der Waals surface area contributed by atoms with E-state index in [1.807, 2.05) is 24.3 Å². The molecule has 118 valence electrons. The number of aromatic nitrogens is 1. The molecule has 0 saturated heterocycles. The van der Waals surface area contributed by atoms with Crippen molar-refractivity contribution in [2.45, 2.75) is 17.7 Å². The molecule has 0 radical (unpaired) electrons. The molecule has 0 fully saturated rings. The second-order valence-corrected chi connectivity index (χ2v) is 5.70. The zero-order valence-corrected chi connectivity index (χ0v) is 13.2. The quantitative estimate of drug-likeness (QED) is 0.458. The summed E-state index contributed by atoms with van der Waals surface area (Å²) in [4.78, 5) is 0. The van der Waals surface area contributed by atoms with Crippen LogP contribution in [-0.2, 0) is 11.3 Å². The van der Waals surface area contributed by atoms with Gasteiger partial charge in [0.15, 0.2) is 6.20 Å². The summed E-state index contributed by atoms with van der Waals surface area (Å²) in [5.74, 6) is 1.17. The summed E-state index contributed by atoms with van der Waals surface area (Å²) in [6.45, 7) is 0.579. The number of thioether (sulfide) groups is 1. The highest BCUT2D eigenvalue weighted by Crippen LogP contribution is 2.18. The van der Waals surface area contributed by atoms with Crippen molar-refractivity contribution >= 4 is 11.8 Å². The molecule has 1 unspecified atom stereocenters. The van der Waals surface area contributed by atoms with Crippen molar-refractivity contribution in [2.24, 2.45) is 0 Å². The zero-order chi connectivity index (χ0) is 15.8. The summed E-state index contributed by atoms with van der Waals surface area (Å²) in [7, 11) is 1.61. The van der Waals surface area contributed by atoms with Gasteiger partial charge in [0.25, 0.3) is 5.03 Å². The van der Waals surface area contributed by atoms with Crippen LogP contribution in [-0.4, -0.2) is 30.7 Å². The SMILES string of the molecule is COc1ccccc1COCC(O)CSc1cccc[n+]1[O-]. The van der Waals surface area contributed by atoms with Crippen LogP contribution in [0.3, 0.4) is 0 Å². The Bertz CT molecular complexity index is 594. The van der Waals surface area contributed by atoms with Crippen molar-refractivity contribution in [2.75, 3.05) is 19.5 Å². The first-order valence-corrected chi connectivity index (χ1v) is 7.88. The number of aliphatic hydroxyl groups is 1. The summed E-state index contributed by atoms with van der Waals surface area (Å²) < 4.78 is 11.5. The molecule has 1 N–H and O–H groups in total. The average Bonchev–Trinajstić information content (AvgIpc) is 2.54. The number of benzene rings is 1. The van der Waals surface area contributed by atoms with Crippen LogP contribution in [0.5, 0.6) is 5.75 Å². The van der Waals surface area contributed by atoms with Crippen LogP contribution in [0, 0.1) is 5.21 Å². The third kappa shape index (κ3) is 4.91. The van der Waals surface area contributed by atoms with Crippen molar-refractivity contribution in [3.8, 4) is 5.75 Å². The normalized spacial score (nSPS) is 12.1. The Kier molecular flexibility index (Phi) is 6.51. The van der Waals surface area contributed by atoms with Gasteiger partial charge < -0.3 is 19.8 Å². The van der Waals surface area contributed by atoms with Gasteiger partial charge in [-0.1, -0.05) is 30.0 Å². The van der Waals surface area contributed by atoms with E-state index in [4.69, 9.17) is 9.47 Å². The molecule has 0 aliphatic carbocycles. The molecule has 1 aromatic carbocycles. The monoisotopic (exact) mass is 321 g/mol. The fraction of sp³-hybridized carbons (Fsp3) is 0.312. The van der Waals surface area contributed by atoms with Crippen molar-refractivity contribution in [1.29, 1.82) is 0 Å². The topological polar surface area (TPSA) is 65.6 Å². The molecular weight excluding hydrogens is 302 g/mol. The second-order valence-electron chi connectivity index (χ2n) is 4.66. The van der Waals surface area contributed by atoms with Crippen molar-refractivity contribution in [3.05, 3.63) is 59.4 Å². The highest BCUT2D eigenvalue weighted by molar-refractivity contribution is 7.99. The van der Waals surface area contributed by atoms with Gasteiger partial charge in [-0.15, -0.1) is 0 Å². The Labute approximate surface area is 134 Å². The van der Waals surface area contributed by atoms with Gasteiger partial charge in [0.2, 0.25) is 0 Å². The van der Waals surface area contributed by atoms with E-state index in [1.165, 1.54) is 18.0 Å². The van der Waals surface area contributed by atoms with Crippen LogP contribution in [0.25, 0.3) is 0 Å². The molecule has 2 rings (SSSR count). The van der Waals surface area contributed by atoms with Gasteiger partial charge in [-0.25, -0.2) is 0 Å². The minimum atomic E-state index is -0.639. The minimum absolute atomic E-state index is 0.205. The summed E-state index contributed by atoms with van der Waals surface area (Å²) in [5.41, 5.74) is 0.935. The number of aliphatic hydroxyl groups excluding tert-OH is 1. The number of ether oxygens (including phenoxy) is 2. The van der Waals surface area contributed by atoms with Crippen LogP contribution in [0.4, 0.5) is 0 Å². The molecule has 0 aliphatic rings. The summed E-state index contributed by atoms with van der Waals surface area (Å²) in [5, 5.41) is 21.9. The van der Waals surface area contributed by atoms with E-state index < -0.39 is 6.10 Å². The predicted octanol–water partition coefficient (Wildman–Crippen LogP) is 2.00. The van der Waals surface area contributed by atoms with E-state index in [-0.39, 0.29) is 6.61 Å². The highest BCUT2D eigenvalue weighted by Gasteiger charge is 2.11. The van der Waals surface area contributed by atoms with Crippen LogP contribution in [0.2, 0.25) is 0 Å². The zero-order valence-electron chi connectivity index (χ0n) is 12.3.